The maximum Gasteiger partial charge on any atom is 0.161 e. The summed E-state index contributed by atoms with van der Waals surface area (Å²) in [5, 5.41) is 8.20. The number of rotatable bonds is 4. The first kappa shape index (κ1) is 13.7. The highest BCUT2D eigenvalue weighted by molar-refractivity contribution is 5.81. The minimum absolute atomic E-state index is 0.653. The molecule has 1 aliphatic rings. The van der Waals surface area contributed by atoms with Crippen molar-refractivity contribution >= 4 is 5.84 Å². The third kappa shape index (κ3) is 3.40. The topological polar surface area (TPSA) is 45.5 Å². The number of likely N-dealkylation sites (tertiary alicyclic amines) is 1. The first-order chi connectivity index (χ1) is 9.24. The van der Waals surface area contributed by atoms with E-state index in [9.17, 15) is 0 Å². The van der Waals surface area contributed by atoms with Crippen molar-refractivity contribution in [3.63, 3.8) is 0 Å². The van der Waals surface area contributed by atoms with Crippen LogP contribution in [0.15, 0.2) is 18.2 Å². The van der Waals surface area contributed by atoms with Gasteiger partial charge in [0.1, 0.15) is 5.84 Å². The Morgan fingerprint density at radius 3 is 2.42 bits per heavy atom. The van der Waals surface area contributed by atoms with Crippen molar-refractivity contribution in [3.05, 3.63) is 23.8 Å². The lowest BCUT2D eigenvalue weighted by Crippen LogP contribution is -2.36. The maximum atomic E-state index is 8.20. The van der Waals surface area contributed by atoms with Crippen LogP contribution in [-0.4, -0.2) is 38.0 Å². The van der Waals surface area contributed by atoms with Crippen LogP contribution < -0.4 is 9.47 Å². The summed E-state index contributed by atoms with van der Waals surface area (Å²) in [4.78, 5) is 2.18. The van der Waals surface area contributed by atoms with Gasteiger partial charge in [0.15, 0.2) is 11.5 Å². The van der Waals surface area contributed by atoms with Crippen LogP contribution >= 0.6 is 0 Å². The third-order valence-electron chi connectivity index (χ3n) is 3.56. The number of ether oxygens (including phenoxy) is 2. The first-order valence-corrected chi connectivity index (χ1v) is 6.78. The summed E-state index contributed by atoms with van der Waals surface area (Å²) in [5.41, 5.74) is 1.09. The highest BCUT2D eigenvalue weighted by Gasteiger charge is 2.14. The first-order valence-electron chi connectivity index (χ1n) is 6.78. The summed E-state index contributed by atoms with van der Waals surface area (Å²) in [6, 6.07) is 5.86. The molecule has 0 atom stereocenters. The van der Waals surface area contributed by atoms with Gasteiger partial charge in [-0.3, -0.25) is 5.41 Å². The van der Waals surface area contributed by atoms with Crippen molar-refractivity contribution in [2.75, 3.05) is 27.3 Å². The molecule has 1 N–H and O–H groups in total. The fourth-order valence-electron chi connectivity index (χ4n) is 2.46. The summed E-state index contributed by atoms with van der Waals surface area (Å²) < 4.78 is 10.5. The average Bonchev–Trinajstić information content (AvgIpc) is 2.48. The molecule has 0 radical (unpaired) electrons. The van der Waals surface area contributed by atoms with Gasteiger partial charge < -0.3 is 14.4 Å². The van der Waals surface area contributed by atoms with E-state index in [4.69, 9.17) is 14.9 Å². The predicted molar refractivity (Wildman–Crippen MR) is 76.4 cm³/mol. The van der Waals surface area contributed by atoms with Crippen LogP contribution in [0.4, 0.5) is 0 Å². The monoisotopic (exact) mass is 262 g/mol. The number of methoxy groups -OCH3 is 2. The second-order valence-corrected chi connectivity index (χ2v) is 4.86. The van der Waals surface area contributed by atoms with Gasteiger partial charge in [0.25, 0.3) is 0 Å². The molecule has 1 aliphatic heterocycles. The quantitative estimate of drug-likeness (QED) is 0.670. The SMILES string of the molecule is COc1ccc(CC(=N)N2CCCCC2)cc1OC. The van der Waals surface area contributed by atoms with E-state index in [2.05, 4.69) is 4.90 Å². The number of amidine groups is 1. The molecular weight excluding hydrogens is 240 g/mol. The van der Waals surface area contributed by atoms with Crippen LogP contribution in [-0.2, 0) is 6.42 Å². The molecule has 19 heavy (non-hydrogen) atoms. The van der Waals surface area contributed by atoms with Crippen molar-refractivity contribution in [2.24, 2.45) is 0 Å². The zero-order chi connectivity index (χ0) is 13.7. The van der Waals surface area contributed by atoms with Gasteiger partial charge in [0.2, 0.25) is 0 Å². The summed E-state index contributed by atoms with van der Waals surface area (Å²) in [6.45, 7) is 2.04. The Bertz CT molecular complexity index is 440. The average molecular weight is 262 g/mol. The van der Waals surface area contributed by atoms with E-state index in [0.717, 1.165) is 30.2 Å². The Morgan fingerprint density at radius 1 is 1.11 bits per heavy atom. The van der Waals surface area contributed by atoms with Crippen molar-refractivity contribution in [2.45, 2.75) is 25.7 Å². The molecule has 1 aromatic carbocycles. The molecular formula is C15H22N2O2. The van der Waals surface area contributed by atoms with E-state index in [1.807, 2.05) is 18.2 Å². The second kappa shape index (κ2) is 6.45. The minimum atomic E-state index is 0.653. The summed E-state index contributed by atoms with van der Waals surface area (Å²) in [5.74, 6) is 2.16. The van der Waals surface area contributed by atoms with Gasteiger partial charge in [-0.15, -0.1) is 0 Å². The number of nitrogens with zero attached hydrogens (tertiary/aromatic N) is 1. The van der Waals surface area contributed by atoms with E-state index >= 15 is 0 Å². The van der Waals surface area contributed by atoms with Gasteiger partial charge in [0.05, 0.1) is 14.2 Å². The van der Waals surface area contributed by atoms with Gasteiger partial charge >= 0.3 is 0 Å². The molecule has 0 aliphatic carbocycles. The molecule has 4 heteroatoms. The second-order valence-electron chi connectivity index (χ2n) is 4.86. The molecule has 0 spiro atoms. The molecule has 4 nitrogen and oxygen atoms in total. The lowest BCUT2D eigenvalue weighted by Gasteiger charge is -2.29. The third-order valence-corrected chi connectivity index (χ3v) is 3.56. The number of hydrogen-bond acceptors (Lipinski definition) is 3. The van der Waals surface area contributed by atoms with Crippen LogP contribution in [0.25, 0.3) is 0 Å². The molecule has 0 unspecified atom stereocenters. The largest absolute Gasteiger partial charge is 0.493 e. The standard InChI is InChI=1S/C15H22N2O2/c1-18-13-7-6-12(10-14(13)19-2)11-15(16)17-8-4-3-5-9-17/h6-7,10,16H,3-5,8-9,11H2,1-2H3. The van der Waals surface area contributed by atoms with Crippen LogP contribution in [0, 0.1) is 5.41 Å². The van der Waals surface area contributed by atoms with E-state index in [1.54, 1.807) is 14.2 Å². The summed E-state index contributed by atoms with van der Waals surface area (Å²) in [6.07, 6.45) is 4.35. The van der Waals surface area contributed by atoms with E-state index < -0.39 is 0 Å². The number of hydrogen-bond donors (Lipinski definition) is 1. The number of nitrogens with one attached hydrogen (secondary N) is 1. The molecule has 2 rings (SSSR count). The van der Waals surface area contributed by atoms with E-state index in [0.29, 0.717) is 12.3 Å². The normalized spacial score (nSPS) is 15.2. The summed E-state index contributed by atoms with van der Waals surface area (Å²) >= 11 is 0. The van der Waals surface area contributed by atoms with E-state index in [1.165, 1.54) is 19.3 Å². The van der Waals surface area contributed by atoms with Gasteiger partial charge in [-0.25, -0.2) is 0 Å². The number of benzene rings is 1. The van der Waals surface area contributed by atoms with Crippen molar-refractivity contribution in [3.8, 4) is 11.5 Å². The van der Waals surface area contributed by atoms with Gasteiger partial charge in [-0.05, 0) is 37.0 Å². The molecule has 1 aromatic rings. The lowest BCUT2D eigenvalue weighted by atomic mass is 10.1. The zero-order valence-corrected chi connectivity index (χ0v) is 11.7. The van der Waals surface area contributed by atoms with Crippen molar-refractivity contribution in [1.82, 2.24) is 4.90 Å². The fraction of sp³-hybridized carbons (Fsp3) is 0.533. The molecule has 0 amide bonds. The highest BCUT2D eigenvalue weighted by atomic mass is 16.5. The Labute approximate surface area is 114 Å². The van der Waals surface area contributed by atoms with Crippen LogP contribution in [0.5, 0.6) is 11.5 Å². The molecule has 1 fully saturated rings. The fourth-order valence-corrected chi connectivity index (χ4v) is 2.46. The van der Waals surface area contributed by atoms with Crippen molar-refractivity contribution in [1.29, 1.82) is 5.41 Å². The van der Waals surface area contributed by atoms with Gasteiger partial charge in [-0.1, -0.05) is 6.07 Å². The Balaban J connectivity index is 2.03. The van der Waals surface area contributed by atoms with Gasteiger partial charge in [0, 0.05) is 19.5 Å². The van der Waals surface area contributed by atoms with Crippen LogP contribution in [0.3, 0.4) is 0 Å². The minimum Gasteiger partial charge on any atom is -0.493 e. The molecule has 1 heterocycles. The molecule has 1 saturated heterocycles. The molecule has 0 aromatic heterocycles. The maximum absolute atomic E-state index is 8.20. The predicted octanol–water partition coefficient (Wildman–Crippen LogP) is 2.71. The zero-order valence-electron chi connectivity index (χ0n) is 11.7. The Kier molecular flexibility index (Phi) is 4.66. The Hall–Kier alpha value is -1.71. The van der Waals surface area contributed by atoms with Crippen LogP contribution in [0.2, 0.25) is 0 Å². The van der Waals surface area contributed by atoms with Gasteiger partial charge in [-0.2, -0.15) is 0 Å². The van der Waals surface area contributed by atoms with Crippen LogP contribution in [0.1, 0.15) is 24.8 Å². The molecule has 104 valence electrons. The van der Waals surface area contributed by atoms with Crippen molar-refractivity contribution < 1.29 is 9.47 Å². The summed E-state index contributed by atoms with van der Waals surface area (Å²) in [7, 11) is 3.27. The lowest BCUT2D eigenvalue weighted by molar-refractivity contribution is 0.336. The Morgan fingerprint density at radius 2 is 1.79 bits per heavy atom. The highest BCUT2D eigenvalue weighted by Crippen LogP contribution is 2.28. The smallest absolute Gasteiger partial charge is 0.161 e. The molecule has 0 saturated carbocycles. The molecule has 0 bridgehead atoms. The number of piperidine rings is 1. The van der Waals surface area contributed by atoms with E-state index in [-0.39, 0.29) is 0 Å².